The normalized spacial score (nSPS) is 9.69. The van der Waals surface area contributed by atoms with Crippen molar-refractivity contribution in [1.82, 2.24) is 0 Å². The first-order valence-corrected chi connectivity index (χ1v) is 4.37. The highest BCUT2D eigenvalue weighted by atomic mass is 19.1. The smallest absolute Gasteiger partial charge is 0.434 e. The Hall–Kier alpha value is -1.98. The van der Waals surface area contributed by atoms with Gasteiger partial charge < -0.3 is 9.47 Å². The lowest BCUT2D eigenvalue weighted by atomic mass is 10.2. The first kappa shape index (κ1) is 12.1. The van der Waals surface area contributed by atoms with Crippen LogP contribution in [0.15, 0.2) is 12.1 Å². The molecule has 0 spiro atoms. The molecule has 0 saturated carbocycles. The zero-order valence-corrected chi connectivity index (χ0v) is 8.33. The van der Waals surface area contributed by atoms with Gasteiger partial charge in [0.15, 0.2) is 6.29 Å². The lowest BCUT2D eigenvalue weighted by molar-refractivity contribution is 0.104. The Kier molecular flexibility index (Phi) is 3.93. The molecule has 0 radical (unpaired) electrons. The summed E-state index contributed by atoms with van der Waals surface area (Å²) in [6.07, 6.45) is -1.03. The fraction of sp³-hybridized carbons (Fsp3) is 0.200. The highest BCUT2D eigenvalue weighted by molar-refractivity contribution is 5.76. The van der Waals surface area contributed by atoms with Crippen LogP contribution < -0.4 is 4.74 Å². The second kappa shape index (κ2) is 5.20. The number of hydrogen-bond acceptors (Lipinski definition) is 4. The van der Waals surface area contributed by atoms with Gasteiger partial charge in [-0.05, 0) is 6.92 Å². The largest absolute Gasteiger partial charge is 0.513 e. The quantitative estimate of drug-likeness (QED) is 0.454. The van der Waals surface area contributed by atoms with E-state index in [1.165, 1.54) is 0 Å². The van der Waals surface area contributed by atoms with Gasteiger partial charge in [0, 0.05) is 12.1 Å². The third kappa shape index (κ3) is 2.75. The highest BCUT2D eigenvalue weighted by Gasteiger charge is 2.13. The summed E-state index contributed by atoms with van der Waals surface area (Å²) in [5.74, 6) is -2.57. The number of aldehydes is 1. The molecule has 0 aliphatic carbocycles. The zero-order chi connectivity index (χ0) is 12.1. The molecule has 6 heteroatoms. The van der Waals surface area contributed by atoms with Crippen molar-refractivity contribution in [2.75, 3.05) is 6.61 Å². The number of carbonyl (C=O) groups excluding carboxylic acids is 2. The Labute approximate surface area is 89.8 Å². The lowest BCUT2D eigenvalue weighted by Gasteiger charge is -2.05. The number of rotatable bonds is 3. The summed E-state index contributed by atoms with van der Waals surface area (Å²) in [7, 11) is 0. The van der Waals surface area contributed by atoms with E-state index in [-0.39, 0.29) is 18.6 Å². The van der Waals surface area contributed by atoms with Crippen LogP contribution in [-0.4, -0.2) is 19.0 Å². The van der Waals surface area contributed by atoms with E-state index in [0.717, 1.165) is 12.1 Å². The summed E-state index contributed by atoms with van der Waals surface area (Å²) in [5.41, 5.74) is -0.712. The van der Waals surface area contributed by atoms with E-state index in [1.54, 1.807) is 6.92 Å². The third-order valence-electron chi connectivity index (χ3n) is 1.63. The van der Waals surface area contributed by atoms with Crippen molar-refractivity contribution in [3.8, 4) is 5.75 Å². The van der Waals surface area contributed by atoms with Crippen molar-refractivity contribution >= 4 is 12.4 Å². The maximum atomic E-state index is 13.0. The summed E-state index contributed by atoms with van der Waals surface area (Å²) in [5, 5.41) is 0. The van der Waals surface area contributed by atoms with Gasteiger partial charge in [0.2, 0.25) is 0 Å². The third-order valence-corrected chi connectivity index (χ3v) is 1.63. The molecule has 0 aliphatic heterocycles. The molecular formula is C10H8F2O4. The first-order chi connectivity index (χ1) is 7.58. The van der Waals surface area contributed by atoms with E-state index in [4.69, 9.17) is 0 Å². The van der Waals surface area contributed by atoms with Crippen molar-refractivity contribution in [2.24, 2.45) is 0 Å². The SMILES string of the molecule is CCOC(=O)Oc1cc(F)c(C=O)c(F)c1. The lowest BCUT2D eigenvalue weighted by Crippen LogP contribution is -2.10. The molecule has 0 bridgehead atoms. The van der Waals surface area contributed by atoms with E-state index in [1.807, 2.05) is 0 Å². The van der Waals surface area contributed by atoms with Gasteiger partial charge in [0.25, 0.3) is 0 Å². The number of hydrogen-bond donors (Lipinski definition) is 0. The van der Waals surface area contributed by atoms with Crippen LogP contribution in [0.2, 0.25) is 0 Å². The van der Waals surface area contributed by atoms with Gasteiger partial charge in [-0.25, -0.2) is 13.6 Å². The molecule has 1 rings (SSSR count). The molecule has 0 N–H and O–H groups in total. The topological polar surface area (TPSA) is 52.6 Å². The van der Waals surface area contributed by atoms with Crippen LogP contribution in [0.5, 0.6) is 5.75 Å². The molecule has 0 fully saturated rings. The second-order valence-corrected chi connectivity index (χ2v) is 2.70. The average Bonchev–Trinajstić information content (AvgIpc) is 2.17. The number of halogens is 2. The first-order valence-electron chi connectivity index (χ1n) is 4.37. The fourth-order valence-corrected chi connectivity index (χ4v) is 0.976. The van der Waals surface area contributed by atoms with E-state index in [0.29, 0.717) is 0 Å². The molecule has 86 valence electrons. The molecule has 16 heavy (non-hydrogen) atoms. The summed E-state index contributed by atoms with van der Waals surface area (Å²) in [6.45, 7) is 1.63. The minimum Gasteiger partial charge on any atom is -0.434 e. The van der Waals surface area contributed by atoms with Crippen molar-refractivity contribution in [3.63, 3.8) is 0 Å². The van der Waals surface area contributed by atoms with Gasteiger partial charge in [-0.2, -0.15) is 0 Å². The Balaban J connectivity index is 2.91. The molecule has 0 aliphatic rings. The molecule has 0 aromatic heterocycles. The Morgan fingerprint density at radius 1 is 1.38 bits per heavy atom. The minimum absolute atomic E-state index is 0.0405. The summed E-state index contributed by atoms with van der Waals surface area (Å²) in [6, 6.07) is 1.45. The van der Waals surface area contributed by atoms with E-state index in [9.17, 15) is 18.4 Å². The maximum Gasteiger partial charge on any atom is 0.513 e. The summed E-state index contributed by atoms with van der Waals surface area (Å²) in [4.78, 5) is 21.1. The van der Waals surface area contributed by atoms with Crippen LogP contribution in [0.4, 0.5) is 13.6 Å². The van der Waals surface area contributed by atoms with Crippen LogP contribution in [0.3, 0.4) is 0 Å². The fourth-order valence-electron chi connectivity index (χ4n) is 0.976. The molecule has 0 atom stereocenters. The summed E-state index contributed by atoms with van der Waals surface area (Å²) < 4.78 is 35.0. The van der Waals surface area contributed by atoms with Crippen molar-refractivity contribution < 1.29 is 27.8 Å². The standard InChI is InChI=1S/C10H8F2O4/c1-2-15-10(14)16-6-3-8(11)7(5-13)9(12)4-6/h3-5H,2H2,1H3. The van der Waals surface area contributed by atoms with E-state index in [2.05, 4.69) is 9.47 Å². The monoisotopic (exact) mass is 230 g/mol. The molecule has 0 saturated heterocycles. The minimum atomic E-state index is -1.10. The van der Waals surface area contributed by atoms with Crippen molar-refractivity contribution in [1.29, 1.82) is 0 Å². The van der Waals surface area contributed by atoms with Gasteiger partial charge in [-0.3, -0.25) is 4.79 Å². The number of ether oxygens (including phenoxy) is 2. The molecule has 0 amide bonds. The molecule has 1 aromatic carbocycles. The Morgan fingerprint density at radius 2 is 1.94 bits per heavy atom. The van der Waals surface area contributed by atoms with Gasteiger partial charge >= 0.3 is 6.16 Å². The van der Waals surface area contributed by atoms with Gasteiger partial charge in [0.1, 0.15) is 17.4 Å². The Morgan fingerprint density at radius 3 is 2.38 bits per heavy atom. The van der Waals surface area contributed by atoms with Gasteiger partial charge in [-0.1, -0.05) is 0 Å². The second-order valence-electron chi connectivity index (χ2n) is 2.70. The summed E-state index contributed by atoms with van der Waals surface area (Å²) >= 11 is 0. The van der Waals surface area contributed by atoms with Gasteiger partial charge in [-0.15, -0.1) is 0 Å². The van der Waals surface area contributed by atoms with Gasteiger partial charge in [0.05, 0.1) is 12.2 Å². The highest BCUT2D eigenvalue weighted by Crippen LogP contribution is 2.19. The van der Waals surface area contributed by atoms with Crippen LogP contribution in [0.25, 0.3) is 0 Å². The Bertz CT molecular complexity index is 394. The van der Waals surface area contributed by atoms with E-state index >= 15 is 0 Å². The van der Waals surface area contributed by atoms with Crippen molar-refractivity contribution in [3.05, 3.63) is 29.3 Å². The van der Waals surface area contributed by atoms with Crippen LogP contribution in [0.1, 0.15) is 17.3 Å². The molecule has 1 aromatic rings. The van der Waals surface area contributed by atoms with E-state index < -0.39 is 23.4 Å². The number of benzene rings is 1. The van der Waals surface area contributed by atoms with Crippen molar-refractivity contribution in [2.45, 2.75) is 6.92 Å². The number of carbonyl (C=O) groups is 2. The average molecular weight is 230 g/mol. The molecule has 0 heterocycles. The molecular weight excluding hydrogens is 222 g/mol. The predicted octanol–water partition coefficient (Wildman–Crippen LogP) is 2.31. The predicted molar refractivity (Wildman–Crippen MR) is 49.4 cm³/mol. The van der Waals surface area contributed by atoms with Crippen LogP contribution in [0, 0.1) is 11.6 Å². The maximum absolute atomic E-state index is 13.0. The van der Waals surface area contributed by atoms with Crippen LogP contribution in [-0.2, 0) is 4.74 Å². The zero-order valence-electron chi connectivity index (χ0n) is 8.33. The van der Waals surface area contributed by atoms with Crippen LogP contribution >= 0.6 is 0 Å². The molecule has 4 nitrogen and oxygen atoms in total. The molecule has 0 unspecified atom stereocenters.